The molecule has 1 aromatic heterocycles. The summed E-state index contributed by atoms with van der Waals surface area (Å²) in [5, 5.41) is 2.14. The van der Waals surface area contributed by atoms with E-state index in [-0.39, 0.29) is 13.2 Å². The molecule has 152 valence electrons. The number of methoxy groups -OCH3 is 1. The third kappa shape index (κ3) is 4.26. The van der Waals surface area contributed by atoms with Crippen LogP contribution in [0.25, 0.3) is 21.0 Å². The van der Waals surface area contributed by atoms with E-state index >= 15 is 0 Å². The largest absolute Gasteiger partial charge is 0.484 e. The zero-order valence-corrected chi connectivity index (χ0v) is 17.4. The van der Waals surface area contributed by atoms with Crippen LogP contribution < -0.4 is 9.54 Å². The second-order valence-electron chi connectivity index (χ2n) is 6.82. The van der Waals surface area contributed by atoms with Crippen molar-refractivity contribution >= 4 is 44.2 Å². The maximum absolute atomic E-state index is 12.5. The molecule has 0 aliphatic carbocycles. The first-order valence-corrected chi connectivity index (χ1v) is 10.2. The normalized spacial score (nSPS) is 11.7. The Hall–Kier alpha value is -3.45. The molecule has 6 nitrogen and oxygen atoms in total. The number of esters is 1. The van der Waals surface area contributed by atoms with Gasteiger partial charge in [0.15, 0.2) is 11.4 Å². The summed E-state index contributed by atoms with van der Waals surface area (Å²) in [6.07, 6.45) is 0. The first-order valence-electron chi connectivity index (χ1n) is 9.39. The number of ether oxygens (including phenoxy) is 2. The van der Waals surface area contributed by atoms with Gasteiger partial charge in [-0.2, -0.15) is 4.99 Å². The second-order valence-corrected chi connectivity index (χ2v) is 7.83. The van der Waals surface area contributed by atoms with Crippen molar-refractivity contribution in [3.8, 4) is 5.75 Å². The van der Waals surface area contributed by atoms with Crippen LogP contribution >= 0.6 is 11.3 Å². The third-order valence-corrected chi connectivity index (χ3v) is 5.70. The van der Waals surface area contributed by atoms with Gasteiger partial charge in [0, 0.05) is 0 Å². The van der Waals surface area contributed by atoms with Gasteiger partial charge in [0.1, 0.15) is 12.3 Å². The number of rotatable bonds is 5. The van der Waals surface area contributed by atoms with Gasteiger partial charge in [0.25, 0.3) is 5.91 Å². The van der Waals surface area contributed by atoms with Crippen molar-refractivity contribution in [1.82, 2.24) is 4.57 Å². The van der Waals surface area contributed by atoms with Crippen LogP contribution in [0.3, 0.4) is 0 Å². The molecule has 0 aliphatic heterocycles. The predicted molar refractivity (Wildman–Crippen MR) is 117 cm³/mol. The Kier molecular flexibility index (Phi) is 5.63. The van der Waals surface area contributed by atoms with Crippen molar-refractivity contribution < 1.29 is 19.1 Å². The van der Waals surface area contributed by atoms with Crippen LogP contribution in [0, 0.1) is 6.92 Å². The minimum atomic E-state index is -0.426. The molecule has 0 atom stereocenters. The zero-order valence-electron chi connectivity index (χ0n) is 16.6. The maximum Gasteiger partial charge on any atom is 0.325 e. The van der Waals surface area contributed by atoms with E-state index < -0.39 is 11.9 Å². The molecule has 1 heterocycles. The number of carbonyl (C=O) groups excluding carboxylic acids is 2. The molecule has 0 unspecified atom stereocenters. The number of benzene rings is 3. The van der Waals surface area contributed by atoms with Crippen LogP contribution in [0.15, 0.2) is 65.7 Å². The molecule has 0 saturated carbocycles. The lowest BCUT2D eigenvalue weighted by atomic mass is 10.1. The summed E-state index contributed by atoms with van der Waals surface area (Å²) >= 11 is 1.35. The van der Waals surface area contributed by atoms with E-state index in [4.69, 9.17) is 9.47 Å². The van der Waals surface area contributed by atoms with Crippen LogP contribution in [0.5, 0.6) is 5.75 Å². The summed E-state index contributed by atoms with van der Waals surface area (Å²) in [6.45, 7) is 1.78. The first-order chi connectivity index (χ1) is 14.5. The lowest BCUT2D eigenvalue weighted by Gasteiger charge is -2.05. The van der Waals surface area contributed by atoms with E-state index in [1.165, 1.54) is 18.4 Å². The molecule has 0 saturated heterocycles. The van der Waals surface area contributed by atoms with Crippen LogP contribution in [0.1, 0.15) is 5.56 Å². The minimum absolute atomic E-state index is 0.0167. The summed E-state index contributed by atoms with van der Waals surface area (Å²) in [4.78, 5) is 29.0. The molecule has 0 aliphatic rings. The Morgan fingerprint density at radius 1 is 1.03 bits per heavy atom. The Morgan fingerprint density at radius 2 is 1.83 bits per heavy atom. The highest BCUT2D eigenvalue weighted by molar-refractivity contribution is 7.16. The van der Waals surface area contributed by atoms with Crippen molar-refractivity contribution in [3.63, 3.8) is 0 Å². The lowest BCUT2D eigenvalue weighted by Crippen LogP contribution is -2.23. The summed E-state index contributed by atoms with van der Waals surface area (Å²) in [5.74, 6) is -0.228. The van der Waals surface area contributed by atoms with E-state index in [1.54, 1.807) is 4.57 Å². The van der Waals surface area contributed by atoms with E-state index in [1.807, 2.05) is 67.6 Å². The molecule has 0 spiro atoms. The number of aryl methyl sites for hydroxylation is 1. The molecule has 4 rings (SSSR count). The molecule has 4 aromatic rings. The molecule has 7 heteroatoms. The molecule has 3 aromatic carbocycles. The molecule has 0 bridgehead atoms. The smallest absolute Gasteiger partial charge is 0.325 e. The fourth-order valence-electron chi connectivity index (χ4n) is 3.15. The van der Waals surface area contributed by atoms with E-state index in [2.05, 4.69) is 4.99 Å². The number of carbonyl (C=O) groups is 2. The Balaban J connectivity index is 1.60. The molecule has 30 heavy (non-hydrogen) atoms. The molecule has 0 fully saturated rings. The van der Waals surface area contributed by atoms with Crippen molar-refractivity contribution in [2.24, 2.45) is 4.99 Å². The van der Waals surface area contributed by atoms with Gasteiger partial charge in [-0.3, -0.25) is 9.59 Å². The van der Waals surface area contributed by atoms with Gasteiger partial charge in [-0.1, -0.05) is 47.7 Å². The number of aromatic nitrogens is 1. The number of thiazole rings is 1. The topological polar surface area (TPSA) is 69.9 Å². The standard InChI is InChI=1S/C23H20N2O4S/c1-15-7-10-19-20(11-15)30-23(25(19)13-22(27)28-2)24-21(26)14-29-18-9-8-16-5-3-4-6-17(16)12-18/h3-12H,13-14H2,1-2H3. The fraction of sp³-hybridized carbons (Fsp3) is 0.174. The lowest BCUT2D eigenvalue weighted by molar-refractivity contribution is -0.141. The summed E-state index contributed by atoms with van der Waals surface area (Å²) in [6, 6.07) is 19.5. The van der Waals surface area contributed by atoms with Crippen molar-refractivity contribution in [3.05, 3.63) is 71.0 Å². The zero-order chi connectivity index (χ0) is 21.1. The van der Waals surface area contributed by atoms with Crippen LogP contribution in [0.2, 0.25) is 0 Å². The van der Waals surface area contributed by atoms with E-state index in [0.717, 1.165) is 26.6 Å². The third-order valence-electron chi connectivity index (χ3n) is 4.66. The monoisotopic (exact) mass is 420 g/mol. The highest BCUT2D eigenvalue weighted by atomic mass is 32.1. The summed E-state index contributed by atoms with van der Waals surface area (Å²) in [7, 11) is 1.33. The number of fused-ring (bicyclic) bond motifs is 2. The number of hydrogen-bond donors (Lipinski definition) is 0. The van der Waals surface area contributed by atoms with Crippen LogP contribution in [0.4, 0.5) is 0 Å². The average Bonchev–Trinajstić information content (AvgIpc) is 3.07. The van der Waals surface area contributed by atoms with E-state index in [9.17, 15) is 9.59 Å². The van der Waals surface area contributed by atoms with Gasteiger partial charge in [-0.15, -0.1) is 0 Å². The first kappa shape index (κ1) is 19.8. The number of amides is 1. The molecule has 0 radical (unpaired) electrons. The molecular formula is C23H20N2O4S. The fourth-order valence-corrected chi connectivity index (χ4v) is 4.30. The van der Waals surface area contributed by atoms with Gasteiger partial charge < -0.3 is 14.0 Å². The Morgan fingerprint density at radius 3 is 2.63 bits per heavy atom. The molecular weight excluding hydrogens is 400 g/mol. The Bertz CT molecular complexity index is 1320. The second kappa shape index (κ2) is 8.51. The van der Waals surface area contributed by atoms with Crippen molar-refractivity contribution in [1.29, 1.82) is 0 Å². The summed E-state index contributed by atoms with van der Waals surface area (Å²) in [5.41, 5.74) is 1.92. The highest BCUT2D eigenvalue weighted by Crippen LogP contribution is 2.21. The molecule has 0 N–H and O–H groups in total. The van der Waals surface area contributed by atoms with Crippen LogP contribution in [-0.2, 0) is 20.9 Å². The van der Waals surface area contributed by atoms with Gasteiger partial charge in [-0.25, -0.2) is 0 Å². The Labute approximate surface area is 177 Å². The van der Waals surface area contributed by atoms with Gasteiger partial charge in [0.05, 0.1) is 17.3 Å². The van der Waals surface area contributed by atoms with Crippen molar-refractivity contribution in [2.75, 3.05) is 13.7 Å². The number of nitrogens with zero attached hydrogens (tertiary/aromatic N) is 2. The average molecular weight is 420 g/mol. The van der Waals surface area contributed by atoms with Crippen molar-refractivity contribution in [2.45, 2.75) is 13.5 Å². The van der Waals surface area contributed by atoms with Gasteiger partial charge in [0.2, 0.25) is 0 Å². The van der Waals surface area contributed by atoms with E-state index in [0.29, 0.717) is 10.6 Å². The molecule has 1 amide bonds. The highest BCUT2D eigenvalue weighted by Gasteiger charge is 2.12. The quantitative estimate of drug-likeness (QED) is 0.460. The van der Waals surface area contributed by atoms with Gasteiger partial charge in [-0.05, 0) is 47.5 Å². The summed E-state index contributed by atoms with van der Waals surface area (Å²) < 4.78 is 13.1. The minimum Gasteiger partial charge on any atom is -0.484 e. The number of hydrogen-bond acceptors (Lipinski definition) is 5. The maximum atomic E-state index is 12.5. The van der Waals surface area contributed by atoms with Gasteiger partial charge >= 0.3 is 5.97 Å². The predicted octanol–water partition coefficient (Wildman–Crippen LogP) is 3.84. The SMILES string of the molecule is COC(=O)Cn1c(=NC(=O)COc2ccc3ccccc3c2)sc2cc(C)ccc21. The van der Waals surface area contributed by atoms with Crippen LogP contribution in [-0.4, -0.2) is 30.2 Å².